The van der Waals surface area contributed by atoms with Gasteiger partial charge in [0, 0.05) is 21.8 Å². The highest BCUT2D eigenvalue weighted by Crippen LogP contribution is 2.32. The first kappa shape index (κ1) is 15.7. The SMILES string of the molecule is C=C(C#CCCCC)C(Sc1ccccc1)=C(C)C. The maximum Gasteiger partial charge on any atom is 0.0312 e. The molecule has 1 aromatic carbocycles. The van der Waals surface area contributed by atoms with E-state index in [1.165, 1.54) is 21.8 Å². The lowest BCUT2D eigenvalue weighted by molar-refractivity contribution is 0.828. The van der Waals surface area contributed by atoms with Crippen molar-refractivity contribution in [2.45, 2.75) is 44.9 Å². The average molecular weight is 270 g/mol. The van der Waals surface area contributed by atoms with Crippen LogP contribution in [0.3, 0.4) is 0 Å². The third-order valence-corrected chi connectivity index (χ3v) is 3.95. The lowest BCUT2D eigenvalue weighted by atomic mass is 10.2. The van der Waals surface area contributed by atoms with Crippen LogP contribution in [-0.2, 0) is 0 Å². The van der Waals surface area contributed by atoms with Gasteiger partial charge in [0.15, 0.2) is 0 Å². The zero-order valence-electron chi connectivity index (χ0n) is 12.1. The average Bonchev–Trinajstić information content (AvgIpc) is 2.41. The number of rotatable bonds is 5. The molecule has 1 heteroatoms. The fourth-order valence-corrected chi connectivity index (χ4v) is 2.47. The Bertz CT molecular complexity index is 493. The predicted molar refractivity (Wildman–Crippen MR) is 87.1 cm³/mol. The highest BCUT2D eigenvalue weighted by molar-refractivity contribution is 8.03. The molecule has 0 radical (unpaired) electrons. The molecule has 0 bridgehead atoms. The minimum atomic E-state index is 0.935. The fraction of sp³-hybridized carbons (Fsp3) is 0.333. The monoisotopic (exact) mass is 270 g/mol. The van der Waals surface area contributed by atoms with Crippen LogP contribution in [0, 0.1) is 11.8 Å². The van der Waals surface area contributed by atoms with E-state index in [1.54, 1.807) is 11.8 Å². The van der Waals surface area contributed by atoms with Gasteiger partial charge in [-0.3, -0.25) is 0 Å². The van der Waals surface area contributed by atoms with E-state index in [0.717, 1.165) is 18.4 Å². The largest absolute Gasteiger partial charge is 0.0979 e. The Morgan fingerprint density at radius 1 is 1.21 bits per heavy atom. The second-order valence-electron chi connectivity index (χ2n) is 4.63. The van der Waals surface area contributed by atoms with Crippen LogP contribution < -0.4 is 0 Å². The van der Waals surface area contributed by atoms with Gasteiger partial charge >= 0.3 is 0 Å². The third kappa shape index (κ3) is 5.85. The molecule has 0 amide bonds. The van der Waals surface area contributed by atoms with E-state index in [-0.39, 0.29) is 0 Å². The van der Waals surface area contributed by atoms with E-state index in [9.17, 15) is 0 Å². The summed E-state index contributed by atoms with van der Waals surface area (Å²) >= 11 is 1.75. The van der Waals surface area contributed by atoms with E-state index in [1.807, 2.05) is 6.07 Å². The van der Waals surface area contributed by atoms with Crippen molar-refractivity contribution >= 4 is 11.8 Å². The topological polar surface area (TPSA) is 0 Å². The molecule has 0 saturated heterocycles. The van der Waals surface area contributed by atoms with Gasteiger partial charge in [-0.1, -0.05) is 67.3 Å². The third-order valence-electron chi connectivity index (χ3n) is 2.59. The molecule has 0 aromatic heterocycles. The molecular formula is C18H22S. The minimum Gasteiger partial charge on any atom is -0.0979 e. The Morgan fingerprint density at radius 2 is 1.89 bits per heavy atom. The van der Waals surface area contributed by atoms with Crippen molar-refractivity contribution in [2.24, 2.45) is 0 Å². The van der Waals surface area contributed by atoms with Gasteiger partial charge in [-0.2, -0.15) is 0 Å². The van der Waals surface area contributed by atoms with Gasteiger partial charge < -0.3 is 0 Å². The maximum absolute atomic E-state index is 4.12. The van der Waals surface area contributed by atoms with E-state index in [4.69, 9.17) is 0 Å². The Morgan fingerprint density at radius 3 is 2.47 bits per heavy atom. The van der Waals surface area contributed by atoms with Gasteiger partial charge in [0.05, 0.1) is 0 Å². The van der Waals surface area contributed by atoms with Crippen LogP contribution in [0.1, 0.15) is 40.0 Å². The summed E-state index contributed by atoms with van der Waals surface area (Å²) in [5, 5.41) is 0. The van der Waals surface area contributed by atoms with Gasteiger partial charge in [0.25, 0.3) is 0 Å². The van der Waals surface area contributed by atoms with Crippen LogP contribution >= 0.6 is 11.8 Å². The molecule has 0 atom stereocenters. The molecule has 0 aliphatic carbocycles. The molecular weight excluding hydrogens is 248 g/mol. The fourth-order valence-electron chi connectivity index (χ4n) is 1.56. The minimum absolute atomic E-state index is 0.935. The zero-order chi connectivity index (χ0) is 14.1. The molecule has 0 saturated carbocycles. The van der Waals surface area contributed by atoms with E-state index in [0.29, 0.717) is 0 Å². The molecule has 0 aliphatic heterocycles. The summed E-state index contributed by atoms with van der Waals surface area (Å²) in [5.41, 5.74) is 2.20. The molecule has 0 N–H and O–H groups in total. The van der Waals surface area contributed by atoms with Crippen LogP contribution in [0.5, 0.6) is 0 Å². The van der Waals surface area contributed by atoms with Gasteiger partial charge in [-0.15, -0.1) is 0 Å². The zero-order valence-corrected chi connectivity index (χ0v) is 12.9. The Kier molecular flexibility index (Phi) is 7.15. The number of unbranched alkanes of at least 4 members (excludes halogenated alkanes) is 2. The quantitative estimate of drug-likeness (QED) is 0.281. The molecule has 100 valence electrons. The Labute approximate surface area is 122 Å². The Balaban J connectivity index is 2.76. The lowest BCUT2D eigenvalue weighted by Crippen LogP contribution is -1.85. The van der Waals surface area contributed by atoms with E-state index >= 15 is 0 Å². The molecule has 19 heavy (non-hydrogen) atoms. The van der Waals surface area contributed by atoms with Gasteiger partial charge in [-0.05, 0) is 32.4 Å². The van der Waals surface area contributed by atoms with Gasteiger partial charge in [0.1, 0.15) is 0 Å². The van der Waals surface area contributed by atoms with Crippen molar-refractivity contribution in [3.05, 3.63) is 53.0 Å². The number of hydrogen-bond donors (Lipinski definition) is 0. The number of hydrogen-bond acceptors (Lipinski definition) is 1. The van der Waals surface area contributed by atoms with E-state index < -0.39 is 0 Å². The summed E-state index contributed by atoms with van der Waals surface area (Å²) in [4.78, 5) is 2.42. The second-order valence-corrected chi connectivity index (χ2v) is 5.71. The van der Waals surface area contributed by atoms with Crippen LogP contribution in [0.2, 0.25) is 0 Å². The van der Waals surface area contributed by atoms with Crippen LogP contribution in [-0.4, -0.2) is 0 Å². The van der Waals surface area contributed by atoms with Crippen molar-refractivity contribution in [3.8, 4) is 11.8 Å². The first-order valence-electron chi connectivity index (χ1n) is 6.73. The van der Waals surface area contributed by atoms with Gasteiger partial charge in [-0.25, -0.2) is 0 Å². The Hall–Kier alpha value is -1.39. The summed E-state index contributed by atoms with van der Waals surface area (Å²) in [6, 6.07) is 10.4. The first-order valence-corrected chi connectivity index (χ1v) is 7.55. The summed E-state index contributed by atoms with van der Waals surface area (Å²) in [5.74, 6) is 6.41. The van der Waals surface area contributed by atoms with Crippen molar-refractivity contribution in [2.75, 3.05) is 0 Å². The molecule has 1 rings (SSSR count). The van der Waals surface area contributed by atoms with Crippen LogP contribution in [0.25, 0.3) is 0 Å². The summed E-state index contributed by atoms with van der Waals surface area (Å²) in [6.07, 6.45) is 3.31. The highest BCUT2D eigenvalue weighted by Gasteiger charge is 2.05. The summed E-state index contributed by atoms with van der Waals surface area (Å²) < 4.78 is 0. The smallest absolute Gasteiger partial charge is 0.0312 e. The second kappa shape index (κ2) is 8.67. The molecule has 0 fully saturated rings. The van der Waals surface area contributed by atoms with Crippen molar-refractivity contribution in [3.63, 3.8) is 0 Å². The lowest BCUT2D eigenvalue weighted by Gasteiger charge is -2.08. The maximum atomic E-state index is 4.12. The van der Waals surface area contributed by atoms with Crippen molar-refractivity contribution < 1.29 is 0 Å². The summed E-state index contributed by atoms with van der Waals surface area (Å²) in [6.45, 7) is 10.5. The van der Waals surface area contributed by atoms with E-state index in [2.05, 4.69) is 63.5 Å². The molecule has 0 aliphatic rings. The molecule has 0 unspecified atom stereocenters. The number of allylic oxidation sites excluding steroid dienone is 2. The van der Waals surface area contributed by atoms with Gasteiger partial charge in [0.2, 0.25) is 0 Å². The molecule has 1 aromatic rings. The van der Waals surface area contributed by atoms with Crippen molar-refractivity contribution in [1.82, 2.24) is 0 Å². The molecule has 0 heterocycles. The standard InChI is InChI=1S/C18H22S/c1-5-6-7-9-12-16(4)18(15(2)3)19-17-13-10-8-11-14-17/h8,10-11,13-14H,4-7H2,1-3H3. The first-order chi connectivity index (χ1) is 9.15. The summed E-state index contributed by atoms with van der Waals surface area (Å²) in [7, 11) is 0. The van der Waals surface area contributed by atoms with Crippen LogP contribution in [0.15, 0.2) is 57.9 Å². The number of thioether (sulfide) groups is 1. The normalized spacial score (nSPS) is 9.42. The van der Waals surface area contributed by atoms with Crippen LogP contribution in [0.4, 0.5) is 0 Å². The van der Waals surface area contributed by atoms with Crippen molar-refractivity contribution in [1.29, 1.82) is 0 Å². The number of benzene rings is 1. The predicted octanol–water partition coefficient (Wildman–Crippen LogP) is 5.82. The molecule has 0 nitrogen and oxygen atoms in total. The highest BCUT2D eigenvalue weighted by atomic mass is 32.2. The molecule has 0 spiro atoms.